The summed E-state index contributed by atoms with van der Waals surface area (Å²) in [7, 11) is -5.36. The molecule has 0 bridgehead atoms. The number of primary sulfonamides is 1. The molecule has 0 radical (unpaired) electrons. The van der Waals surface area contributed by atoms with Crippen molar-refractivity contribution in [3.8, 4) is 0 Å². The average molecular weight is 287 g/mol. The van der Waals surface area contributed by atoms with Gasteiger partial charge in [-0.25, -0.2) is 13.6 Å². The van der Waals surface area contributed by atoms with Gasteiger partial charge in [0.25, 0.3) is 0 Å². The second-order valence-corrected chi connectivity index (χ2v) is 11.9. The highest BCUT2D eigenvalue weighted by atomic mass is 32.2. The predicted molar refractivity (Wildman–Crippen MR) is 76.1 cm³/mol. The Morgan fingerprint density at radius 3 is 2.11 bits per heavy atom. The van der Waals surface area contributed by atoms with E-state index in [4.69, 9.17) is 5.14 Å². The van der Waals surface area contributed by atoms with Crippen LogP contribution >= 0.6 is 0 Å². The van der Waals surface area contributed by atoms with Crippen molar-refractivity contribution < 1.29 is 13.5 Å². The van der Waals surface area contributed by atoms with Crippen LogP contribution in [0.5, 0.6) is 0 Å². The lowest BCUT2D eigenvalue weighted by atomic mass is 10.1. The molecule has 0 unspecified atom stereocenters. The Labute approximate surface area is 110 Å². The molecule has 0 saturated carbocycles. The molecule has 0 aliphatic carbocycles. The zero-order valence-electron chi connectivity index (χ0n) is 11.3. The molecule has 1 aromatic rings. The van der Waals surface area contributed by atoms with Gasteiger partial charge in [0.2, 0.25) is 10.0 Å². The molecule has 3 N–H and O–H groups in total. The molecular formula is C12H21NO3SSi. The summed E-state index contributed by atoms with van der Waals surface area (Å²) in [4.78, 5) is 0.0452. The third kappa shape index (κ3) is 3.00. The summed E-state index contributed by atoms with van der Waals surface area (Å²) in [5.41, 5.74) is 1.39. The molecule has 18 heavy (non-hydrogen) atoms. The number of sulfonamides is 1. The van der Waals surface area contributed by atoms with Crippen molar-refractivity contribution in [1.82, 2.24) is 0 Å². The first-order chi connectivity index (χ1) is 8.12. The summed E-state index contributed by atoms with van der Waals surface area (Å²) in [5.74, 6) is 0. The highest BCUT2D eigenvalue weighted by Gasteiger charge is 2.25. The molecule has 6 heteroatoms. The molecule has 4 nitrogen and oxygen atoms in total. The van der Waals surface area contributed by atoms with Crippen LogP contribution in [0, 0.1) is 0 Å². The molecule has 0 saturated heterocycles. The summed E-state index contributed by atoms with van der Waals surface area (Å²) < 4.78 is 23.0. The fourth-order valence-corrected chi connectivity index (χ4v) is 4.82. The lowest BCUT2D eigenvalue weighted by Gasteiger charge is -2.24. The van der Waals surface area contributed by atoms with Crippen molar-refractivity contribution in [2.45, 2.75) is 44.5 Å². The Hall–Kier alpha value is -0.693. The van der Waals surface area contributed by atoms with Crippen molar-refractivity contribution in [2.75, 3.05) is 0 Å². The predicted octanol–water partition coefficient (Wildman–Crippen LogP) is 0.934. The smallest absolute Gasteiger partial charge is 0.238 e. The fourth-order valence-electron chi connectivity index (χ4n) is 2.22. The zero-order chi connectivity index (χ0) is 14.1. The van der Waals surface area contributed by atoms with E-state index in [9.17, 15) is 13.5 Å². The first-order valence-electron chi connectivity index (χ1n) is 5.91. The number of hydrogen-bond donors (Lipinski definition) is 2. The van der Waals surface area contributed by atoms with E-state index in [2.05, 4.69) is 19.6 Å². The van der Waals surface area contributed by atoms with E-state index in [1.54, 1.807) is 0 Å². The van der Waals surface area contributed by atoms with Gasteiger partial charge >= 0.3 is 0 Å². The summed E-state index contributed by atoms with van der Waals surface area (Å²) >= 11 is 0. The maximum atomic E-state index is 11.5. The van der Waals surface area contributed by atoms with Crippen molar-refractivity contribution in [3.63, 3.8) is 0 Å². The third-order valence-corrected chi connectivity index (χ3v) is 6.09. The molecule has 102 valence electrons. The fraction of sp³-hybridized carbons (Fsp3) is 0.500. The molecular weight excluding hydrogens is 266 g/mol. The van der Waals surface area contributed by atoms with E-state index in [0.717, 1.165) is 5.56 Å². The number of rotatable bonds is 4. The van der Waals surface area contributed by atoms with Crippen molar-refractivity contribution in [1.29, 1.82) is 0 Å². The van der Waals surface area contributed by atoms with Gasteiger partial charge in [-0.2, -0.15) is 0 Å². The van der Waals surface area contributed by atoms with Crippen LogP contribution in [0.3, 0.4) is 0 Å². The van der Waals surface area contributed by atoms with Crippen LogP contribution in [-0.2, 0) is 23.1 Å². The minimum atomic E-state index is -3.78. The number of hydrogen-bond acceptors (Lipinski definition) is 3. The monoisotopic (exact) mass is 287 g/mol. The van der Waals surface area contributed by atoms with Gasteiger partial charge in [-0.1, -0.05) is 37.8 Å². The van der Waals surface area contributed by atoms with E-state index in [1.165, 1.54) is 11.3 Å². The van der Waals surface area contributed by atoms with Crippen LogP contribution in [0.15, 0.2) is 17.0 Å². The van der Waals surface area contributed by atoms with E-state index < -0.39 is 18.1 Å². The molecule has 1 aromatic carbocycles. The topological polar surface area (TPSA) is 80.4 Å². The largest absolute Gasteiger partial charge is 0.392 e. The number of benzene rings is 1. The van der Waals surface area contributed by atoms with Gasteiger partial charge in [-0.05, 0) is 18.1 Å². The summed E-state index contributed by atoms with van der Waals surface area (Å²) in [6.45, 7) is 8.25. The van der Waals surface area contributed by atoms with Crippen LogP contribution in [0.25, 0.3) is 0 Å². The summed E-state index contributed by atoms with van der Waals surface area (Å²) in [6.07, 6.45) is 0.693. The molecule has 0 aliphatic heterocycles. The second-order valence-electron chi connectivity index (χ2n) is 5.38. The first-order valence-corrected chi connectivity index (χ1v) is 11.0. The minimum absolute atomic E-state index is 0.0452. The molecule has 0 aliphatic rings. The van der Waals surface area contributed by atoms with Gasteiger partial charge in [-0.3, -0.25) is 0 Å². The highest BCUT2D eigenvalue weighted by Crippen LogP contribution is 2.21. The molecule has 0 fully saturated rings. The van der Waals surface area contributed by atoms with E-state index in [0.29, 0.717) is 12.0 Å². The Morgan fingerprint density at radius 2 is 1.78 bits per heavy atom. The van der Waals surface area contributed by atoms with Gasteiger partial charge < -0.3 is 5.11 Å². The quantitative estimate of drug-likeness (QED) is 0.809. The van der Waals surface area contributed by atoms with Crippen molar-refractivity contribution in [2.24, 2.45) is 5.14 Å². The maximum absolute atomic E-state index is 11.5. The van der Waals surface area contributed by atoms with Gasteiger partial charge in [0, 0.05) is 5.56 Å². The molecule has 0 spiro atoms. The molecule has 0 aromatic heterocycles. The van der Waals surface area contributed by atoms with Gasteiger partial charge in [0.15, 0.2) is 0 Å². The highest BCUT2D eigenvalue weighted by molar-refractivity contribution is 7.89. The first kappa shape index (κ1) is 15.4. The normalized spacial score (nSPS) is 12.8. The molecule has 0 heterocycles. The SMILES string of the molecule is CCc1c([Si](C)(C)C)ccc(S(N)(=O)=O)c1CO. The lowest BCUT2D eigenvalue weighted by molar-refractivity contribution is 0.277. The summed E-state index contributed by atoms with van der Waals surface area (Å²) in [5, 5.41) is 15.8. The molecule has 0 atom stereocenters. The van der Waals surface area contributed by atoms with Gasteiger partial charge in [-0.15, -0.1) is 0 Å². The second kappa shape index (κ2) is 5.12. The minimum Gasteiger partial charge on any atom is -0.392 e. The third-order valence-electron chi connectivity index (χ3n) is 3.01. The van der Waals surface area contributed by atoms with Crippen LogP contribution in [0.4, 0.5) is 0 Å². The van der Waals surface area contributed by atoms with Crippen LogP contribution in [0.2, 0.25) is 19.6 Å². The van der Waals surface area contributed by atoms with Crippen molar-refractivity contribution >= 4 is 23.3 Å². The Kier molecular flexibility index (Phi) is 4.37. The number of aliphatic hydroxyl groups is 1. The van der Waals surface area contributed by atoms with E-state index in [1.807, 2.05) is 13.0 Å². The van der Waals surface area contributed by atoms with Crippen molar-refractivity contribution in [3.05, 3.63) is 23.3 Å². The van der Waals surface area contributed by atoms with Gasteiger partial charge in [0.1, 0.15) is 0 Å². The lowest BCUT2D eigenvalue weighted by Crippen LogP contribution is -2.41. The van der Waals surface area contributed by atoms with E-state index in [-0.39, 0.29) is 11.5 Å². The Morgan fingerprint density at radius 1 is 1.22 bits per heavy atom. The standard InChI is InChI=1S/C12H21NO3SSi/c1-5-9-10(8-14)11(17(13,15)16)6-7-12(9)18(2,3)4/h6-7,14H,5,8H2,1-4H3,(H2,13,15,16). The van der Waals surface area contributed by atoms with Crippen LogP contribution < -0.4 is 10.3 Å². The molecule has 0 amide bonds. The van der Waals surface area contributed by atoms with Gasteiger partial charge in [0.05, 0.1) is 19.6 Å². The Balaban J connectivity index is 3.68. The van der Waals surface area contributed by atoms with E-state index >= 15 is 0 Å². The number of aliphatic hydroxyl groups excluding tert-OH is 1. The Bertz CT molecular complexity index is 547. The van der Waals surface area contributed by atoms with Crippen LogP contribution in [-0.4, -0.2) is 21.6 Å². The maximum Gasteiger partial charge on any atom is 0.238 e. The molecule has 1 rings (SSSR count). The number of nitrogens with two attached hydrogens (primary N) is 1. The summed E-state index contributed by atoms with van der Waals surface area (Å²) in [6, 6.07) is 3.37. The zero-order valence-corrected chi connectivity index (χ0v) is 13.1. The van der Waals surface area contributed by atoms with Crippen LogP contribution in [0.1, 0.15) is 18.1 Å². The average Bonchev–Trinajstić information content (AvgIpc) is 2.24.